The summed E-state index contributed by atoms with van der Waals surface area (Å²) in [6, 6.07) is 13.7. The van der Waals surface area contributed by atoms with Crippen molar-refractivity contribution in [2.24, 2.45) is 0 Å². The summed E-state index contributed by atoms with van der Waals surface area (Å²) < 4.78 is 54.3. The van der Waals surface area contributed by atoms with E-state index in [1.807, 2.05) is 18.2 Å². The molecule has 2 aliphatic rings. The van der Waals surface area contributed by atoms with Crippen molar-refractivity contribution in [1.29, 1.82) is 0 Å². The van der Waals surface area contributed by atoms with Crippen molar-refractivity contribution < 1.29 is 21.6 Å². The average Bonchev–Trinajstić information content (AvgIpc) is 3.35. The topological polar surface area (TPSA) is 95.1 Å². The van der Waals surface area contributed by atoms with Gasteiger partial charge in [0.25, 0.3) is 5.91 Å². The van der Waals surface area contributed by atoms with Crippen LogP contribution in [-0.4, -0.2) is 75.5 Å². The van der Waals surface area contributed by atoms with E-state index in [1.54, 1.807) is 36.1 Å². The molecule has 2 aromatic carbocycles. The Kier molecular flexibility index (Phi) is 6.90. The van der Waals surface area contributed by atoms with E-state index in [2.05, 4.69) is 0 Å². The average molecular weight is 492 g/mol. The fourth-order valence-corrected chi connectivity index (χ4v) is 7.35. The van der Waals surface area contributed by atoms with Gasteiger partial charge >= 0.3 is 0 Å². The highest BCUT2D eigenvalue weighted by Crippen LogP contribution is 2.24. The maximum atomic E-state index is 13.2. The highest BCUT2D eigenvalue weighted by Gasteiger charge is 2.31. The molecule has 0 radical (unpaired) electrons. The maximum absolute atomic E-state index is 13.2. The summed E-state index contributed by atoms with van der Waals surface area (Å²) in [5, 5.41) is 0. The number of hydrogen-bond donors (Lipinski definition) is 0. The van der Waals surface area contributed by atoms with Crippen molar-refractivity contribution in [1.82, 2.24) is 13.5 Å². The van der Waals surface area contributed by atoms with Gasteiger partial charge in [0.05, 0.1) is 10.6 Å². The van der Waals surface area contributed by atoms with Crippen LogP contribution in [0.25, 0.3) is 0 Å². The minimum Gasteiger partial charge on any atom is -0.336 e. The summed E-state index contributed by atoms with van der Waals surface area (Å²) in [5.41, 5.74) is 1.76. The molecule has 0 saturated carbocycles. The lowest BCUT2D eigenvalue weighted by atomic mass is 10.1. The van der Waals surface area contributed by atoms with Crippen molar-refractivity contribution in [3.8, 4) is 0 Å². The Balaban J connectivity index is 1.45. The van der Waals surface area contributed by atoms with E-state index in [0.717, 1.165) is 18.4 Å². The van der Waals surface area contributed by atoms with E-state index >= 15 is 0 Å². The Morgan fingerprint density at radius 1 is 0.818 bits per heavy atom. The lowest BCUT2D eigenvalue weighted by Crippen LogP contribution is -2.50. The second-order valence-corrected chi connectivity index (χ2v) is 12.4. The van der Waals surface area contributed by atoms with Crippen LogP contribution in [0.1, 0.15) is 34.3 Å². The normalized spacial score (nSPS) is 18.5. The summed E-state index contributed by atoms with van der Waals surface area (Å²) in [4.78, 5) is 14.9. The second-order valence-electron chi connectivity index (χ2n) is 8.52. The molecular weight excluding hydrogens is 462 g/mol. The molecule has 8 nitrogen and oxygen atoms in total. The first-order valence-electron chi connectivity index (χ1n) is 11.1. The summed E-state index contributed by atoms with van der Waals surface area (Å²) >= 11 is 0. The van der Waals surface area contributed by atoms with Gasteiger partial charge in [0, 0.05) is 44.8 Å². The lowest BCUT2D eigenvalue weighted by Gasteiger charge is -2.34. The third kappa shape index (κ3) is 5.13. The largest absolute Gasteiger partial charge is 0.336 e. The van der Waals surface area contributed by atoms with Gasteiger partial charge in [-0.05, 0) is 43.0 Å². The summed E-state index contributed by atoms with van der Waals surface area (Å²) in [5.74, 6) is -0.344. The van der Waals surface area contributed by atoms with E-state index < -0.39 is 20.0 Å². The van der Waals surface area contributed by atoms with Crippen molar-refractivity contribution >= 4 is 26.0 Å². The zero-order chi connectivity index (χ0) is 23.6. The van der Waals surface area contributed by atoms with E-state index in [1.165, 1.54) is 14.7 Å². The monoisotopic (exact) mass is 491 g/mol. The van der Waals surface area contributed by atoms with Crippen molar-refractivity contribution in [3.63, 3.8) is 0 Å². The zero-order valence-electron chi connectivity index (χ0n) is 18.7. The van der Waals surface area contributed by atoms with Gasteiger partial charge in [0.1, 0.15) is 0 Å². The molecule has 2 aromatic rings. The van der Waals surface area contributed by atoms with E-state index in [4.69, 9.17) is 0 Å². The summed E-state index contributed by atoms with van der Waals surface area (Å²) in [6.45, 7) is 3.72. The number of nitrogens with zero attached hydrogens (tertiary/aromatic N) is 3. The van der Waals surface area contributed by atoms with Crippen LogP contribution in [0.5, 0.6) is 0 Å². The van der Waals surface area contributed by atoms with Crippen LogP contribution < -0.4 is 0 Å². The number of hydrogen-bond acceptors (Lipinski definition) is 5. The van der Waals surface area contributed by atoms with Gasteiger partial charge in [-0.1, -0.05) is 36.4 Å². The van der Waals surface area contributed by atoms with Crippen LogP contribution in [0.4, 0.5) is 0 Å². The molecule has 33 heavy (non-hydrogen) atoms. The Labute approximate surface area is 195 Å². The molecule has 0 N–H and O–H groups in total. The van der Waals surface area contributed by atoms with Crippen molar-refractivity contribution in [2.75, 3.05) is 39.3 Å². The van der Waals surface area contributed by atoms with Gasteiger partial charge in [-0.25, -0.2) is 16.8 Å². The third-order valence-electron chi connectivity index (χ3n) is 6.25. The molecule has 2 saturated heterocycles. The second kappa shape index (κ2) is 9.54. The van der Waals surface area contributed by atoms with Gasteiger partial charge in [-0.3, -0.25) is 4.79 Å². The number of rotatable bonds is 6. The Morgan fingerprint density at radius 3 is 2.09 bits per heavy atom. The molecule has 0 spiro atoms. The fourth-order valence-electron chi connectivity index (χ4n) is 4.29. The Bertz CT molecular complexity index is 1220. The molecule has 0 aliphatic carbocycles. The van der Waals surface area contributed by atoms with Crippen LogP contribution in [0.2, 0.25) is 0 Å². The van der Waals surface area contributed by atoms with Crippen molar-refractivity contribution in [3.05, 3.63) is 65.2 Å². The van der Waals surface area contributed by atoms with Crippen LogP contribution in [0.15, 0.2) is 53.4 Å². The SMILES string of the molecule is Cc1ccc(S(=O)(=O)N2CCCC2)cc1C(=O)N1CCN(S(=O)(=O)Cc2ccccc2)CC1. The molecular formula is C23H29N3O5S2. The first-order chi connectivity index (χ1) is 15.7. The number of aryl methyl sites for hydroxylation is 1. The van der Waals surface area contributed by atoms with Gasteiger partial charge in [0.2, 0.25) is 20.0 Å². The van der Waals surface area contributed by atoms with E-state index in [0.29, 0.717) is 24.2 Å². The van der Waals surface area contributed by atoms with Gasteiger partial charge in [0.15, 0.2) is 0 Å². The smallest absolute Gasteiger partial charge is 0.254 e. The van der Waals surface area contributed by atoms with Gasteiger partial charge < -0.3 is 4.90 Å². The molecule has 0 aromatic heterocycles. The van der Waals surface area contributed by atoms with E-state index in [-0.39, 0.29) is 42.7 Å². The molecule has 0 unspecified atom stereocenters. The summed E-state index contributed by atoms with van der Waals surface area (Å²) in [6.07, 6.45) is 1.68. The molecule has 0 bridgehead atoms. The maximum Gasteiger partial charge on any atom is 0.254 e. The Morgan fingerprint density at radius 2 is 1.45 bits per heavy atom. The number of piperazine rings is 1. The first-order valence-corrected chi connectivity index (χ1v) is 14.2. The molecule has 0 atom stereocenters. The standard InChI is InChI=1S/C23H29N3O5S2/c1-19-9-10-21(33(30,31)26-11-5-6-12-26)17-22(19)23(27)24-13-15-25(16-14-24)32(28,29)18-20-7-3-2-4-8-20/h2-4,7-10,17H,5-6,11-16,18H2,1H3. The number of sulfonamides is 2. The fraction of sp³-hybridized carbons (Fsp3) is 0.435. The van der Waals surface area contributed by atoms with Crippen LogP contribution in [0, 0.1) is 6.92 Å². The molecule has 1 amide bonds. The Hall–Kier alpha value is -2.27. The van der Waals surface area contributed by atoms with Crippen LogP contribution >= 0.6 is 0 Å². The highest BCUT2D eigenvalue weighted by molar-refractivity contribution is 7.89. The van der Waals surface area contributed by atoms with Crippen LogP contribution in [-0.2, 0) is 25.8 Å². The molecule has 2 fully saturated rings. The van der Waals surface area contributed by atoms with E-state index in [9.17, 15) is 21.6 Å². The van der Waals surface area contributed by atoms with Gasteiger partial charge in [-0.2, -0.15) is 8.61 Å². The minimum absolute atomic E-state index is 0.0721. The molecule has 2 heterocycles. The quantitative estimate of drug-likeness (QED) is 0.617. The number of amides is 1. The number of carbonyl (C=O) groups excluding carboxylic acids is 1. The van der Waals surface area contributed by atoms with Crippen LogP contribution in [0.3, 0.4) is 0 Å². The predicted molar refractivity (Wildman–Crippen MR) is 126 cm³/mol. The summed E-state index contributed by atoms with van der Waals surface area (Å²) in [7, 11) is -7.11. The molecule has 4 rings (SSSR count). The lowest BCUT2D eigenvalue weighted by molar-refractivity contribution is 0.0696. The molecule has 10 heteroatoms. The number of benzene rings is 2. The van der Waals surface area contributed by atoms with Gasteiger partial charge in [-0.15, -0.1) is 0 Å². The molecule has 178 valence electrons. The first kappa shape index (κ1) is 23.9. The highest BCUT2D eigenvalue weighted by atomic mass is 32.2. The van der Waals surface area contributed by atoms with Crippen molar-refractivity contribution in [2.45, 2.75) is 30.4 Å². The minimum atomic E-state index is -3.63. The number of carbonyl (C=O) groups is 1. The zero-order valence-corrected chi connectivity index (χ0v) is 20.3. The third-order valence-corrected chi connectivity index (χ3v) is 10.00. The molecule has 2 aliphatic heterocycles. The predicted octanol–water partition coefficient (Wildman–Crippen LogP) is 2.07.